The first-order valence-corrected chi connectivity index (χ1v) is 7.56. The molecule has 2 aromatic heterocycles. The van der Waals surface area contributed by atoms with Gasteiger partial charge in [-0.2, -0.15) is 0 Å². The van der Waals surface area contributed by atoms with E-state index in [0.717, 1.165) is 10.7 Å². The van der Waals surface area contributed by atoms with E-state index in [1.165, 1.54) is 11.3 Å². The van der Waals surface area contributed by atoms with Gasteiger partial charge in [0.15, 0.2) is 11.1 Å². The third kappa shape index (κ3) is 3.22. The number of carbonyl (C=O) groups is 2. The van der Waals surface area contributed by atoms with E-state index in [-0.39, 0.29) is 18.4 Å². The quantitative estimate of drug-likeness (QED) is 0.847. The summed E-state index contributed by atoms with van der Waals surface area (Å²) in [4.78, 5) is 27.8. The molecule has 7 nitrogen and oxygen atoms in total. The molecular formula is C13H15N3O4S. The number of aliphatic carboxylic acids is 1. The summed E-state index contributed by atoms with van der Waals surface area (Å²) in [6.45, 7) is 0.338. The van der Waals surface area contributed by atoms with Gasteiger partial charge in [0.1, 0.15) is 0 Å². The molecule has 1 fully saturated rings. The highest BCUT2D eigenvalue weighted by atomic mass is 32.1. The molecule has 3 heterocycles. The predicted molar refractivity (Wildman–Crippen MR) is 75.3 cm³/mol. The number of aromatic nitrogens is 2. The zero-order valence-corrected chi connectivity index (χ0v) is 12.0. The molecule has 21 heavy (non-hydrogen) atoms. The molecule has 1 aliphatic rings. The first-order chi connectivity index (χ1) is 10.1. The van der Waals surface area contributed by atoms with Gasteiger partial charge in [0.05, 0.1) is 18.2 Å². The van der Waals surface area contributed by atoms with Crippen molar-refractivity contribution in [1.29, 1.82) is 0 Å². The van der Waals surface area contributed by atoms with Gasteiger partial charge in [0, 0.05) is 24.3 Å². The highest BCUT2D eigenvalue weighted by molar-refractivity contribution is 7.15. The van der Waals surface area contributed by atoms with Crippen LogP contribution in [0.2, 0.25) is 0 Å². The number of thiazole rings is 1. The van der Waals surface area contributed by atoms with Crippen LogP contribution in [0.3, 0.4) is 0 Å². The average Bonchev–Trinajstić information content (AvgIpc) is 3.10. The van der Waals surface area contributed by atoms with E-state index < -0.39 is 12.1 Å². The van der Waals surface area contributed by atoms with E-state index in [2.05, 4.69) is 10.3 Å². The molecule has 1 amide bonds. The standard InChI is InChI=1S/C13H15N3O4S/c17-11(5-8-7-16-3-4-21-13(16)15-8)14-6-9-1-2-10(20-9)12(18)19/h3-4,7,9-10H,1-2,5-6H2,(H,14,17)(H,18,19). The molecule has 0 radical (unpaired) electrons. The molecule has 0 aromatic carbocycles. The SMILES string of the molecule is O=C(Cc1cn2ccsc2n1)NCC1CCC(C(=O)O)O1. The Hall–Kier alpha value is -1.93. The summed E-state index contributed by atoms with van der Waals surface area (Å²) in [5.41, 5.74) is 0.718. The Bertz CT molecular complexity index is 637. The second-order valence-electron chi connectivity index (χ2n) is 4.97. The van der Waals surface area contributed by atoms with Gasteiger partial charge in [-0.05, 0) is 12.8 Å². The molecule has 8 heteroatoms. The van der Waals surface area contributed by atoms with Gasteiger partial charge in [-0.3, -0.25) is 9.20 Å². The van der Waals surface area contributed by atoms with Crippen molar-refractivity contribution in [1.82, 2.24) is 14.7 Å². The lowest BCUT2D eigenvalue weighted by Crippen LogP contribution is -2.34. The van der Waals surface area contributed by atoms with Gasteiger partial charge >= 0.3 is 5.97 Å². The first kappa shape index (κ1) is 14.0. The Morgan fingerprint density at radius 3 is 3.10 bits per heavy atom. The van der Waals surface area contributed by atoms with Crippen LogP contribution in [0.4, 0.5) is 0 Å². The van der Waals surface area contributed by atoms with Gasteiger partial charge in [-0.15, -0.1) is 11.3 Å². The molecule has 2 atom stereocenters. The number of fused-ring (bicyclic) bond motifs is 1. The Kier molecular flexibility index (Phi) is 3.89. The summed E-state index contributed by atoms with van der Waals surface area (Å²) in [7, 11) is 0. The lowest BCUT2D eigenvalue weighted by molar-refractivity contribution is -0.149. The summed E-state index contributed by atoms with van der Waals surface area (Å²) in [5.74, 6) is -1.08. The number of rotatable bonds is 5. The number of nitrogens with one attached hydrogen (secondary N) is 1. The number of amides is 1. The molecule has 0 saturated carbocycles. The Labute approximate surface area is 124 Å². The van der Waals surface area contributed by atoms with Crippen LogP contribution >= 0.6 is 11.3 Å². The van der Waals surface area contributed by atoms with Crippen molar-refractivity contribution in [3.05, 3.63) is 23.5 Å². The summed E-state index contributed by atoms with van der Waals surface area (Å²) < 4.78 is 7.21. The Morgan fingerprint density at radius 2 is 2.38 bits per heavy atom. The second kappa shape index (κ2) is 5.82. The fourth-order valence-corrected chi connectivity index (χ4v) is 3.07. The minimum atomic E-state index is -0.943. The minimum Gasteiger partial charge on any atom is -0.479 e. The van der Waals surface area contributed by atoms with Crippen molar-refractivity contribution >= 4 is 28.2 Å². The van der Waals surface area contributed by atoms with Crippen molar-refractivity contribution in [3.63, 3.8) is 0 Å². The van der Waals surface area contributed by atoms with Crippen molar-refractivity contribution in [2.24, 2.45) is 0 Å². The molecule has 1 saturated heterocycles. The van der Waals surface area contributed by atoms with E-state index in [9.17, 15) is 9.59 Å². The van der Waals surface area contributed by atoms with Crippen LogP contribution in [0.1, 0.15) is 18.5 Å². The van der Waals surface area contributed by atoms with E-state index in [0.29, 0.717) is 19.4 Å². The third-order valence-electron chi connectivity index (χ3n) is 3.39. The normalized spacial score (nSPS) is 21.7. The van der Waals surface area contributed by atoms with Gasteiger partial charge in [0.25, 0.3) is 0 Å². The van der Waals surface area contributed by atoms with Crippen LogP contribution in [0.5, 0.6) is 0 Å². The maximum atomic E-state index is 11.9. The molecule has 2 N–H and O–H groups in total. The zero-order valence-electron chi connectivity index (χ0n) is 11.2. The van der Waals surface area contributed by atoms with Crippen molar-refractivity contribution in [3.8, 4) is 0 Å². The maximum Gasteiger partial charge on any atom is 0.332 e. The molecule has 3 rings (SSSR count). The fraction of sp³-hybridized carbons (Fsp3) is 0.462. The van der Waals surface area contributed by atoms with Crippen molar-refractivity contribution in [2.45, 2.75) is 31.5 Å². The van der Waals surface area contributed by atoms with Gasteiger partial charge in [-0.1, -0.05) is 0 Å². The number of nitrogens with zero attached hydrogens (tertiary/aromatic N) is 2. The number of carboxylic acids is 1. The molecule has 0 aliphatic carbocycles. The largest absolute Gasteiger partial charge is 0.479 e. The van der Waals surface area contributed by atoms with E-state index in [1.807, 2.05) is 22.2 Å². The van der Waals surface area contributed by atoms with Crippen LogP contribution < -0.4 is 5.32 Å². The third-order valence-corrected chi connectivity index (χ3v) is 4.17. The van der Waals surface area contributed by atoms with E-state index in [1.54, 1.807) is 0 Å². The van der Waals surface area contributed by atoms with Crippen LogP contribution in [0.15, 0.2) is 17.8 Å². The summed E-state index contributed by atoms with van der Waals surface area (Å²) in [6, 6.07) is 0. The highest BCUT2D eigenvalue weighted by Gasteiger charge is 2.30. The van der Waals surface area contributed by atoms with Gasteiger partial charge in [0.2, 0.25) is 5.91 Å². The summed E-state index contributed by atoms with van der Waals surface area (Å²) in [6.07, 6.45) is 4.12. The molecule has 0 spiro atoms. The molecule has 1 aliphatic heterocycles. The summed E-state index contributed by atoms with van der Waals surface area (Å²) >= 11 is 1.52. The topological polar surface area (TPSA) is 92.9 Å². The molecule has 2 aromatic rings. The van der Waals surface area contributed by atoms with Gasteiger partial charge in [-0.25, -0.2) is 9.78 Å². The summed E-state index contributed by atoms with van der Waals surface area (Å²) in [5, 5.41) is 13.5. The predicted octanol–water partition coefficient (Wildman–Crippen LogP) is 0.687. The number of carbonyl (C=O) groups excluding carboxylic acids is 1. The van der Waals surface area contributed by atoms with E-state index >= 15 is 0 Å². The molecular weight excluding hydrogens is 294 g/mol. The molecule has 2 unspecified atom stereocenters. The number of imidazole rings is 1. The van der Waals surface area contributed by atoms with Crippen LogP contribution in [0, 0.1) is 0 Å². The van der Waals surface area contributed by atoms with Crippen molar-refractivity contribution < 1.29 is 19.4 Å². The maximum absolute atomic E-state index is 11.9. The Morgan fingerprint density at radius 1 is 1.52 bits per heavy atom. The fourth-order valence-electron chi connectivity index (χ4n) is 2.35. The molecule has 0 bridgehead atoms. The minimum absolute atomic E-state index is 0.136. The van der Waals surface area contributed by atoms with Gasteiger partial charge < -0.3 is 15.2 Å². The first-order valence-electron chi connectivity index (χ1n) is 6.68. The zero-order chi connectivity index (χ0) is 14.8. The number of carboxylic acid groups (broad SMARTS) is 1. The molecule has 112 valence electrons. The van der Waals surface area contributed by atoms with Crippen LogP contribution in [-0.4, -0.2) is 45.1 Å². The Balaban J connectivity index is 1.46. The lowest BCUT2D eigenvalue weighted by Gasteiger charge is -2.11. The average molecular weight is 309 g/mol. The smallest absolute Gasteiger partial charge is 0.332 e. The second-order valence-corrected chi connectivity index (χ2v) is 5.84. The monoisotopic (exact) mass is 309 g/mol. The van der Waals surface area contributed by atoms with Crippen LogP contribution in [0.25, 0.3) is 4.96 Å². The van der Waals surface area contributed by atoms with Crippen molar-refractivity contribution in [2.75, 3.05) is 6.54 Å². The number of hydrogen-bond acceptors (Lipinski definition) is 5. The lowest BCUT2D eigenvalue weighted by atomic mass is 10.2. The highest BCUT2D eigenvalue weighted by Crippen LogP contribution is 2.19. The van der Waals surface area contributed by atoms with Crippen LogP contribution in [-0.2, 0) is 20.7 Å². The number of hydrogen-bond donors (Lipinski definition) is 2. The number of ether oxygens (including phenoxy) is 1. The van der Waals surface area contributed by atoms with E-state index in [4.69, 9.17) is 9.84 Å².